The van der Waals surface area contributed by atoms with E-state index in [1.165, 1.54) is 17.7 Å². The third-order valence-electron chi connectivity index (χ3n) is 4.24. The van der Waals surface area contributed by atoms with Crippen molar-refractivity contribution in [3.05, 3.63) is 59.2 Å². The predicted molar refractivity (Wildman–Crippen MR) is 119 cm³/mol. The highest BCUT2D eigenvalue weighted by atomic mass is 16.6. The van der Waals surface area contributed by atoms with E-state index in [9.17, 15) is 14.9 Å². The highest BCUT2D eigenvalue weighted by molar-refractivity contribution is 5.98. The molecular formula is C25H27NO6. The molecule has 2 aromatic rings. The number of esters is 2. The van der Waals surface area contributed by atoms with E-state index in [4.69, 9.17) is 18.9 Å². The number of carbonyl (C=O) groups excluding carboxylic acids is 2. The summed E-state index contributed by atoms with van der Waals surface area (Å²) < 4.78 is 21.3. The fourth-order valence-corrected chi connectivity index (χ4v) is 2.81. The van der Waals surface area contributed by atoms with Crippen LogP contribution in [0.1, 0.15) is 38.3 Å². The van der Waals surface area contributed by atoms with Gasteiger partial charge in [0.05, 0.1) is 13.2 Å². The van der Waals surface area contributed by atoms with Crippen LogP contribution in [0.5, 0.6) is 17.2 Å². The number of rotatable bonds is 11. The van der Waals surface area contributed by atoms with Gasteiger partial charge in [-0.25, -0.2) is 9.59 Å². The summed E-state index contributed by atoms with van der Waals surface area (Å²) in [4.78, 5) is 24.1. The van der Waals surface area contributed by atoms with Gasteiger partial charge in [-0.2, -0.15) is 5.26 Å². The lowest BCUT2D eigenvalue weighted by molar-refractivity contribution is -0.138. The summed E-state index contributed by atoms with van der Waals surface area (Å²) in [5.74, 6) is -0.194. The maximum Gasteiger partial charge on any atom is 0.349 e. The fourth-order valence-electron chi connectivity index (χ4n) is 2.81. The molecule has 32 heavy (non-hydrogen) atoms. The molecule has 0 aliphatic heterocycles. The van der Waals surface area contributed by atoms with Crippen molar-refractivity contribution in [3.63, 3.8) is 0 Å². The van der Waals surface area contributed by atoms with Crippen LogP contribution < -0.4 is 14.2 Å². The lowest BCUT2D eigenvalue weighted by Gasteiger charge is -2.12. The van der Waals surface area contributed by atoms with Crippen LogP contribution in [0.2, 0.25) is 0 Å². The van der Waals surface area contributed by atoms with E-state index in [-0.39, 0.29) is 24.5 Å². The molecular weight excluding hydrogens is 410 g/mol. The van der Waals surface area contributed by atoms with Gasteiger partial charge >= 0.3 is 11.9 Å². The van der Waals surface area contributed by atoms with Crippen LogP contribution >= 0.6 is 0 Å². The zero-order valence-electron chi connectivity index (χ0n) is 18.6. The summed E-state index contributed by atoms with van der Waals surface area (Å²) >= 11 is 0. The molecule has 0 aliphatic rings. The van der Waals surface area contributed by atoms with Gasteiger partial charge < -0.3 is 18.9 Å². The Hall–Kier alpha value is -3.79. The summed E-state index contributed by atoms with van der Waals surface area (Å²) in [7, 11) is 0. The van der Waals surface area contributed by atoms with E-state index in [2.05, 4.69) is 6.92 Å². The molecule has 168 valence electrons. The summed E-state index contributed by atoms with van der Waals surface area (Å²) in [6, 6.07) is 14.1. The van der Waals surface area contributed by atoms with E-state index in [1.807, 2.05) is 30.3 Å². The Kier molecular flexibility index (Phi) is 9.79. The van der Waals surface area contributed by atoms with E-state index in [0.717, 1.165) is 12.8 Å². The van der Waals surface area contributed by atoms with Crippen LogP contribution in [-0.2, 0) is 20.7 Å². The summed E-state index contributed by atoms with van der Waals surface area (Å²) in [5, 5.41) is 9.19. The van der Waals surface area contributed by atoms with Crippen molar-refractivity contribution < 1.29 is 28.5 Å². The Balaban J connectivity index is 2.07. The lowest BCUT2D eigenvalue weighted by atomic mass is 10.1. The lowest BCUT2D eigenvalue weighted by Crippen LogP contribution is -2.18. The zero-order chi connectivity index (χ0) is 23.3. The van der Waals surface area contributed by atoms with Gasteiger partial charge in [-0.3, -0.25) is 0 Å². The highest BCUT2D eigenvalue weighted by Crippen LogP contribution is 2.29. The van der Waals surface area contributed by atoms with Crippen molar-refractivity contribution in [2.75, 3.05) is 19.8 Å². The molecule has 0 amide bonds. The van der Waals surface area contributed by atoms with Crippen LogP contribution in [0.3, 0.4) is 0 Å². The highest BCUT2D eigenvalue weighted by Gasteiger charge is 2.14. The second kappa shape index (κ2) is 12.8. The Morgan fingerprint density at radius 3 is 2.34 bits per heavy atom. The molecule has 0 aromatic heterocycles. The Morgan fingerprint density at radius 1 is 0.969 bits per heavy atom. The Morgan fingerprint density at radius 2 is 1.72 bits per heavy atom. The summed E-state index contributed by atoms with van der Waals surface area (Å²) in [6.45, 7) is 5.81. The Labute approximate surface area is 188 Å². The molecule has 2 aromatic carbocycles. The first kappa shape index (κ1) is 24.5. The van der Waals surface area contributed by atoms with Crippen molar-refractivity contribution in [2.45, 2.75) is 33.6 Å². The number of hydrogen-bond donors (Lipinski definition) is 0. The number of benzene rings is 2. The molecule has 0 saturated heterocycles. The van der Waals surface area contributed by atoms with Gasteiger partial charge in [-0.15, -0.1) is 0 Å². The molecule has 2 rings (SSSR count). The minimum atomic E-state index is -0.705. The van der Waals surface area contributed by atoms with Gasteiger partial charge in [0.1, 0.15) is 17.4 Å². The van der Waals surface area contributed by atoms with Gasteiger partial charge in [-0.1, -0.05) is 31.5 Å². The number of hydrogen-bond acceptors (Lipinski definition) is 7. The van der Waals surface area contributed by atoms with Gasteiger partial charge in [0.25, 0.3) is 0 Å². The van der Waals surface area contributed by atoms with Crippen molar-refractivity contribution >= 4 is 18.0 Å². The monoisotopic (exact) mass is 437 g/mol. The molecule has 0 spiro atoms. The fraction of sp³-hybridized carbons (Fsp3) is 0.320. The SMILES string of the molecule is CCCc1ccc(OCC(=O)Oc2ccc(/C=C(\C#N)C(=O)OCC)cc2OCC)cc1. The third-order valence-corrected chi connectivity index (χ3v) is 4.24. The van der Waals surface area contributed by atoms with Gasteiger partial charge in [0.15, 0.2) is 18.1 Å². The first-order valence-electron chi connectivity index (χ1n) is 10.5. The number of aryl methyl sites for hydroxylation is 1. The molecule has 7 heteroatoms. The second-order valence-electron chi connectivity index (χ2n) is 6.69. The van der Waals surface area contributed by atoms with Crippen LogP contribution in [0, 0.1) is 11.3 Å². The van der Waals surface area contributed by atoms with Crippen molar-refractivity contribution in [3.8, 4) is 23.3 Å². The molecule has 0 fully saturated rings. The minimum absolute atomic E-state index is 0.141. The number of nitrogens with zero attached hydrogens (tertiary/aromatic N) is 1. The average Bonchev–Trinajstić information content (AvgIpc) is 2.79. The van der Waals surface area contributed by atoms with Gasteiger partial charge in [0.2, 0.25) is 0 Å². The van der Waals surface area contributed by atoms with Crippen LogP contribution in [0.25, 0.3) is 6.08 Å². The predicted octanol–water partition coefficient (Wildman–Crippen LogP) is 4.49. The largest absolute Gasteiger partial charge is 0.490 e. The van der Waals surface area contributed by atoms with Gasteiger partial charge in [-0.05, 0) is 61.7 Å². The maximum atomic E-state index is 12.3. The van der Waals surface area contributed by atoms with E-state index in [1.54, 1.807) is 26.0 Å². The summed E-state index contributed by atoms with van der Waals surface area (Å²) in [5.41, 5.74) is 1.60. The maximum absolute atomic E-state index is 12.3. The molecule has 0 aliphatic carbocycles. The minimum Gasteiger partial charge on any atom is -0.490 e. The Bertz CT molecular complexity index is 988. The van der Waals surface area contributed by atoms with Crippen LogP contribution in [0.15, 0.2) is 48.0 Å². The molecule has 0 heterocycles. The van der Waals surface area contributed by atoms with E-state index < -0.39 is 11.9 Å². The first-order chi connectivity index (χ1) is 15.5. The normalized spacial score (nSPS) is 10.8. The van der Waals surface area contributed by atoms with Crippen LogP contribution in [0.4, 0.5) is 0 Å². The van der Waals surface area contributed by atoms with E-state index in [0.29, 0.717) is 23.7 Å². The number of nitriles is 1. The van der Waals surface area contributed by atoms with Crippen LogP contribution in [-0.4, -0.2) is 31.8 Å². The molecule has 0 atom stereocenters. The quantitative estimate of drug-likeness (QED) is 0.221. The molecule has 0 N–H and O–H groups in total. The molecule has 0 saturated carbocycles. The smallest absolute Gasteiger partial charge is 0.349 e. The number of carbonyl (C=O) groups is 2. The third kappa shape index (κ3) is 7.47. The van der Waals surface area contributed by atoms with Crippen molar-refractivity contribution in [1.29, 1.82) is 5.26 Å². The molecule has 7 nitrogen and oxygen atoms in total. The topological polar surface area (TPSA) is 94.9 Å². The standard InChI is InChI=1S/C25H27NO6/c1-4-7-18-8-11-21(12-9-18)31-17-24(27)32-22-13-10-19(15-23(22)29-5-2)14-20(16-26)25(28)30-6-3/h8-15H,4-7,17H2,1-3H3/b20-14+. The average molecular weight is 437 g/mol. The molecule has 0 bridgehead atoms. The van der Waals surface area contributed by atoms with Crippen molar-refractivity contribution in [2.24, 2.45) is 0 Å². The van der Waals surface area contributed by atoms with Crippen molar-refractivity contribution in [1.82, 2.24) is 0 Å². The summed E-state index contributed by atoms with van der Waals surface area (Å²) in [6.07, 6.45) is 3.44. The molecule has 0 radical (unpaired) electrons. The zero-order valence-corrected chi connectivity index (χ0v) is 18.6. The second-order valence-corrected chi connectivity index (χ2v) is 6.69. The number of ether oxygens (including phenoxy) is 4. The van der Waals surface area contributed by atoms with E-state index >= 15 is 0 Å². The molecule has 0 unspecified atom stereocenters. The first-order valence-corrected chi connectivity index (χ1v) is 10.5. The van der Waals surface area contributed by atoms with Gasteiger partial charge in [0, 0.05) is 0 Å².